The second-order valence-corrected chi connectivity index (χ2v) is 7.41. The highest BCUT2D eigenvalue weighted by Gasteiger charge is 2.09. The summed E-state index contributed by atoms with van der Waals surface area (Å²) in [5.74, 6) is -0.332. The number of nitrogens with zero attached hydrogens (tertiary/aromatic N) is 1. The third kappa shape index (κ3) is 7.00. The zero-order valence-electron chi connectivity index (χ0n) is 15.8. The number of amides is 1. The minimum absolute atomic E-state index is 0.280. The Labute approximate surface area is 193 Å². The number of nitrogens with one attached hydrogen (secondary N) is 1. The van der Waals surface area contributed by atoms with E-state index in [0.717, 1.165) is 0 Å². The second kappa shape index (κ2) is 10.8. The topological polar surface area (TPSA) is 77.0 Å². The first-order valence-electron chi connectivity index (χ1n) is 8.88. The molecule has 0 unspecified atom stereocenters. The molecule has 31 heavy (non-hydrogen) atoms. The molecule has 0 saturated carbocycles. The van der Waals surface area contributed by atoms with Crippen molar-refractivity contribution >= 4 is 52.9 Å². The third-order valence-corrected chi connectivity index (χ3v) is 4.59. The van der Waals surface area contributed by atoms with Gasteiger partial charge >= 0.3 is 5.97 Å². The maximum atomic E-state index is 12.2. The van der Waals surface area contributed by atoms with Crippen LogP contribution < -0.4 is 14.9 Å². The second-order valence-electron chi connectivity index (χ2n) is 6.13. The first-order chi connectivity index (χ1) is 14.9. The lowest BCUT2D eigenvalue weighted by atomic mass is 10.2. The van der Waals surface area contributed by atoms with Crippen molar-refractivity contribution in [3.05, 3.63) is 92.9 Å². The monoisotopic (exact) mass is 476 g/mol. The summed E-state index contributed by atoms with van der Waals surface area (Å²) in [5.41, 5.74) is 3.33. The van der Waals surface area contributed by atoms with Crippen LogP contribution in [-0.2, 0) is 4.79 Å². The fourth-order valence-electron chi connectivity index (χ4n) is 2.36. The molecule has 1 N–H and O–H groups in total. The van der Waals surface area contributed by atoms with Crippen LogP contribution in [0.2, 0.25) is 15.1 Å². The van der Waals surface area contributed by atoms with Gasteiger partial charge in [-0.05, 0) is 60.2 Å². The van der Waals surface area contributed by atoms with Crippen LogP contribution in [0.15, 0.2) is 71.8 Å². The molecule has 3 aromatic carbocycles. The highest BCUT2D eigenvalue weighted by atomic mass is 35.5. The van der Waals surface area contributed by atoms with Gasteiger partial charge in [-0.15, -0.1) is 0 Å². The molecule has 3 aromatic rings. The van der Waals surface area contributed by atoms with Crippen molar-refractivity contribution in [3.63, 3.8) is 0 Å². The minimum Gasteiger partial charge on any atom is -0.482 e. The molecule has 0 radical (unpaired) electrons. The van der Waals surface area contributed by atoms with E-state index in [9.17, 15) is 9.59 Å². The van der Waals surface area contributed by atoms with Crippen LogP contribution in [0.1, 0.15) is 15.9 Å². The number of hydrogen-bond acceptors (Lipinski definition) is 5. The van der Waals surface area contributed by atoms with Crippen molar-refractivity contribution in [1.29, 1.82) is 0 Å². The molecule has 0 heterocycles. The summed E-state index contributed by atoms with van der Waals surface area (Å²) in [4.78, 5) is 24.1. The summed E-state index contributed by atoms with van der Waals surface area (Å²) >= 11 is 17.6. The number of halogens is 3. The van der Waals surface area contributed by atoms with Gasteiger partial charge in [-0.25, -0.2) is 10.2 Å². The summed E-state index contributed by atoms with van der Waals surface area (Å²) < 4.78 is 10.7. The van der Waals surface area contributed by atoms with Gasteiger partial charge in [0.05, 0.1) is 16.8 Å². The number of hydrogen-bond donors (Lipinski definition) is 1. The molecule has 6 nitrogen and oxygen atoms in total. The van der Waals surface area contributed by atoms with E-state index in [2.05, 4.69) is 10.5 Å². The normalized spacial score (nSPS) is 10.7. The first-order valence-corrected chi connectivity index (χ1v) is 10.0. The lowest BCUT2D eigenvalue weighted by Gasteiger charge is -2.07. The van der Waals surface area contributed by atoms with Crippen LogP contribution in [0, 0.1) is 0 Å². The summed E-state index contributed by atoms with van der Waals surface area (Å²) in [6.45, 7) is -0.280. The average molecular weight is 478 g/mol. The average Bonchev–Trinajstić information content (AvgIpc) is 2.74. The summed E-state index contributed by atoms with van der Waals surface area (Å²) in [5, 5.41) is 5.16. The molecule has 0 bridgehead atoms. The van der Waals surface area contributed by atoms with Crippen LogP contribution in [0.4, 0.5) is 0 Å². The minimum atomic E-state index is -0.517. The molecule has 158 valence electrons. The SMILES string of the molecule is O=C(COc1ccc(Cl)cc1Cl)N/N=C/c1cccc(OC(=O)c2ccc(Cl)cc2)c1. The Kier molecular flexibility index (Phi) is 7.89. The van der Waals surface area contributed by atoms with Gasteiger partial charge in [-0.2, -0.15) is 5.10 Å². The molecule has 1 amide bonds. The van der Waals surface area contributed by atoms with Crippen molar-refractivity contribution in [2.75, 3.05) is 6.61 Å². The Morgan fingerprint density at radius 3 is 2.42 bits per heavy atom. The Bertz CT molecular complexity index is 1120. The Balaban J connectivity index is 1.52. The van der Waals surface area contributed by atoms with Gasteiger partial charge in [-0.3, -0.25) is 4.79 Å². The largest absolute Gasteiger partial charge is 0.482 e. The van der Waals surface area contributed by atoms with Crippen LogP contribution in [0.3, 0.4) is 0 Å². The predicted molar refractivity (Wildman–Crippen MR) is 121 cm³/mol. The van der Waals surface area contributed by atoms with Crippen molar-refractivity contribution in [2.45, 2.75) is 0 Å². The first kappa shape index (κ1) is 22.6. The lowest BCUT2D eigenvalue weighted by molar-refractivity contribution is -0.123. The highest BCUT2D eigenvalue weighted by molar-refractivity contribution is 6.35. The molecule has 0 aliphatic rings. The predicted octanol–water partition coefficient (Wildman–Crippen LogP) is 5.40. The molecule has 0 aliphatic heterocycles. The molecule has 0 aromatic heterocycles. The van der Waals surface area contributed by atoms with Gasteiger partial charge in [-0.1, -0.05) is 46.9 Å². The van der Waals surface area contributed by atoms with Crippen LogP contribution >= 0.6 is 34.8 Å². The zero-order chi connectivity index (χ0) is 22.2. The maximum absolute atomic E-state index is 12.2. The molecule has 0 atom stereocenters. The van der Waals surface area contributed by atoms with Gasteiger partial charge in [0.2, 0.25) is 0 Å². The van der Waals surface area contributed by atoms with Crippen LogP contribution in [-0.4, -0.2) is 24.7 Å². The highest BCUT2D eigenvalue weighted by Crippen LogP contribution is 2.27. The molecule has 3 rings (SSSR count). The van der Waals surface area contributed by atoms with E-state index in [4.69, 9.17) is 44.3 Å². The van der Waals surface area contributed by atoms with Crippen molar-refractivity contribution < 1.29 is 19.1 Å². The third-order valence-electron chi connectivity index (χ3n) is 3.80. The zero-order valence-corrected chi connectivity index (χ0v) is 18.1. The van der Waals surface area contributed by atoms with E-state index in [1.807, 2.05) is 0 Å². The molecule has 0 fully saturated rings. The van der Waals surface area contributed by atoms with E-state index >= 15 is 0 Å². The quantitative estimate of drug-likeness (QED) is 0.214. The van der Waals surface area contributed by atoms with E-state index < -0.39 is 11.9 Å². The van der Waals surface area contributed by atoms with Crippen LogP contribution in [0.5, 0.6) is 11.5 Å². The van der Waals surface area contributed by atoms with E-state index in [1.165, 1.54) is 12.3 Å². The molecular formula is C22H15Cl3N2O4. The molecule has 9 heteroatoms. The number of benzene rings is 3. The smallest absolute Gasteiger partial charge is 0.343 e. The van der Waals surface area contributed by atoms with Gasteiger partial charge in [0.1, 0.15) is 11.5 Å². The maximum Gasteiger partial charge on any atom is 0.343 e. The molecule has 0 aliphatic carbocycles. The molecule has 0 saturated heterocycles. The summed E-state index contributed by atoms with van der Waals surface area (Å²) in [6, 6.07) is 17.7. The van der Waals surface area contributed by atoms with Gasteiger partial charge in [0, 0.05) is 10.0 Å². The number of rotatable bonds is 7. The summed E-state index contributed by atoms with van der Waals surface area (Å²) in [7, 11) is 0. The molecule has 0 spiro atoms. The van der Waals surface area contributed by atoms with E-state index in [-0.39, 0.29) is 6.61 Å². The van der Waals surface area contributed by atoms with E-state index in [1.54, 1.807) is 60.7 Å². The van der Waals surface area contributed by atoms with Gasteiger partial charge in [0.25, 0.3) is 5.91 Å². The number of esters is 1. The number of ether oxygens (including phenoxy) is 2. The van der Waals surface area contributed by atoms with Crippen molar-refractivity contribution in [1.82, 2.24) is 5.43 Å². The summed E-state index contributed by atoms with van der Waals surface area (Å²) in [6.07, 6.45) is 1.41. The fourth-order valence-corrected chi connectivity index (χ4v) is 2.95. The lowest BCUT2D eigenvalue weighted by Crippen LogP contribution is -2.24. The number of hydrazone groups is 1. The van der Waals surface area contributed by atoms with Crippen molar-refractivity contribution in [3.8, 4) is 11.5 Å². The van der Waals surface area contributed by atoms with Crippen LogP contribution in [0.25, 0.3) is 0 Å². The van der Waals surface area contributed by atoms with Gasteiger partial charge < -0.3 is 9.47 Å². The Morgan fingerprint density at radius 2 is 1.68 bits per heavy atom. The fraction of sp³-hybridized carbons (Fsp3) is 0.0455. The number of carbonyl (C=O) groups excluding carboxylic acids is 2. The van der Waals surface area contributed by atoms with Crippen molar-refractivity contribution in [2.24, 2.45) is 5.10 Å². The standard InChI is InChI=1S/C22H15Cl3N2O4/c23-16-6-4-15(5-7-16)22(29)31-18-3-1-2-14(10-18)12-26-27-21(28)13-30-20-9-8-17(24)11-19(20)25/h1-12H,13H2,(H,27,28)/b26-12+. The number of carbonyl (C=O) groups is 2. The Hall–Kier alpha value is -3.06. The molecular weight excluding hydrogens is 463 g/mol. The van der Waals surface area contributed by atoms with Gasteiger partial charge in [0.15, 0.2) is 6.61 Å². The Morgan fingerprint density at radius 1 is 0.935 bits per heavy atom. The van der Waals surface area contributed by atoms with E-state index in [0.29, 0.717) is 37.7 Å².